The van der Waals surface area contributed by atoms with E-state index in [0.29, 0.717) is 22.7 Å². The number of amides is 2. The average Bonchev–Trinajstić information content (AvgIpc) is 3.29. The highest BCUT2D eigenvalue weighted by Gasteiger charge is 2.09. The van der Waals surface area contributed by atoms with E-state index in [1.807, 2.05) is 31.2 Å². The lowest BCUT2D eigenvalue weighted by Gasteiger charge is -2.11. The number of anilines is 1. The molecule has 8 nitrogen and oxygen atoms in total. The van der Waals surface area contributed by atoms with Gasteiger partial charge in [0.2, 0.25) is 0 Å². The third kappa shape index (κ3) is 5.71. The van der Waals surface area contributed by atoms with Gasteiger partial charge in [0, 0.05) is 5.69 Å². The molecule has 0 saturated heterocycles. The Labute approximate surface area is 173 Å². The second-order valence-corrected chi connectivity index (χ2v) is 6.29. The van der Waals surface area contributed by atoms with E-state index in [0.717, 1.165) is 5.56 Å². The Balaban J connectivity index is 1.55. The summed E-state index contributed by atoms with van der Waals surface area (Å²) in [4.78, 5) is 23.9. The van der Waals surface area contributed by atoms with Crippen molar-refractivity contribution in [2.24, 2.45) is 5.10 Å². The van der Waals surface area contributed by atoms with Crippen LogP contribution in [0.5, 0.6) is 11.5 Å². The minimum Gasteiger partial charge on any atom is -0.493 e. The van der Waals surface area contributed by atoms with Crippen LogP contribution in [0.2, 0.25) is 0 Å². The maximum atomic E-state index is 12.1. The Bertz CT molecular complexity index is 1030. The number of hydrazone groups is 1. The number of hydrogen-bond donors (Lipinski definition) is 2. The van der Waals surface area contributed by atoms with E-state index in [1.54, 1.807) is 24.3 Å². The molecule has 30 heavy (non-hydrogen) atoms. The van der Waals surface area contributed by atoms with Crippen LogP contribution >= 0.6 is 0 Å². The number of aryl methyl sites for hydroxylation is 1. The fourth-order valence-electron chi connectivity index (χ4n) is 2.49. The number of nitrogens with one attached hydrogen (secondary N) is 2. The Kier molecular flexibility index (Phi) is 6.83. The van der Waals surface area contributed by atoms with Crippen LogP contribution in [0.25, 0.3) is 0 Å². The molecule has 0 radical (unpaired) electrons. The number of benzene rings is 2. The first kappa shape index (κ1) is 20.7. The van der Waals surface area contributed by atoms with E-state index >= 15 is 0 Å². The predicted octanol–water partition coefficient (Wildman–Crippen LogP) is 3.38. The third-order valence-corrected chi connectivity index (χ3v) is 4.01. The van der Waals surface area contributed by atoms with E-state index < -0.39 is 5.91 Å². The number of ether oxygens (including phenoxy) is 2. The van der Waals surface area contributed by atoms with Crippen LogP contribution in [0, 0.1) is 6.92 Å². The predicted molar refractivity (Wildman–Crippen MR) is 112 cm³/mol. The van der Waals surface area contributed by atoms with E-state index in [4.69, 9.17) is 13.9 Å². The van der Waals surface area contributed by atoms with Crippen LogP contribution in [0.15, 0.2) is 70.4 Å². The van der Waals surface area contributed by atoms with Gasteiger partial charge in [0.1, 0.15) is 0 Å². The fourth-order valence-corrected chi connectivity index (χ4v) is 2.49. The molecule has 154 valence electrons. The summed E-state index contributed by atoms with van der Waals surface area (Å²) in [5.74, 6) is 0.264. The number of carbonyl (C=O) groups is 2. The molecular formula is C22H21N3O5. The zero-order valence-electron chi connectivity index (χ0n) is 16.5. The summed E-state index contributed by atoms with van der Waals surface area (Å²) in [6.45, 7) is 1.80. The molecular weight excluding hydrogens is 386 g/mol. The van der Waals surface area contributed by atoms with Gasteiger partial charge in [0.25, 0.3) is 5.91 Å². The van der Waals surface area contributed by atoms with Crippen molar-refractivity contribution in [1.29, 1.82) is 0 Å². The van der Waals surface area contributed by atoms with Crippen LogP contribution < -0.4 is 20.2 Å². The van der Waals surface area contributed by atoms with E-state index in [-0.39, 0.29) is 18.3 Å². The van der Waals surface area contributed by atoms with Gasteiger partial charge in [-0.15, -0.1) is 0 Å². The number of methoxy groups -OCH3 is 1. The van der Waals surface area contributed by atoms with Gasteiger partial charge in [-0.05, 0) is 55.0 Å². The number of carbonyl (C=O) groups excluding carboxylic acids is 2. The molecule has 0 atom stereocenters. The molecule has 0 unspecified atom stereocenters. The second kappa shape index (κ2) is 9.92. The molecule has 0 aliphatic rings. The molecule has 1 heterocycles. The molecule has 3 aromatic rings. The Morgan fingerprint density at radius 3 is 2.60 bits per heavy atom. The molecule has 2 N–H and O–H groups in total. The molecule has 0 aliphatic heterocycles. The van der Waals surface area contributed by atoms with Gasteiger partial charge in [0.05, 0.1) is 19.6 Å². The van der Waals surface area contributed by atoms with Gasteiger partial charge < -0.3 is 19.2 Å². The largest absolute Gasteiger partial charge is 0.493 e. The highest BCUT2D eigenvalue weighted by molar-refractivity contribution is 5.93. The van der Waals surface area contributed by atoms with Gasteiger partial charge in [0.15, 0.2) is 23.9 Å². The summed E-state index contributed by atoms with van der Waals surface area (Å²) in [6, 6.07) is 15.7. The smallest absolute Gasteiger partial charge is 0.307 e. The monoisotopic (exact) mass is 407 g/mol. The molecule has 0 spiro atoms. The third-order valence-electron chi connectivity index (χ3n) is 4.01. The van der Waals surface area contributed by atoms with Crippen molar-refractivity contribution in [3.63, 3.8) is 0 Å². The fraction of sp³-hybridized carbons (Fsp3) is 0.136. The van der Waals surface area contributed by atoms with Crippen molar-refractivity contribution in [2.45, 2.75) is 6.92 Å². The molecule has 0 fully saturated rings. The minimum atomic E-state index is -0.456. The molecule has 0 saturated carbocycles. The quantitative estimate of drug-likeness (QED) is 0.440. The van der Waals surface area contributed by atoms with Gasteiger partial charge in [-0.25, -0.2) is 5.43 Å². The van der Waals surface area contributed by atoms with Crippen molar-refractivity contribution >= 4 is 23.7 Å². The second-order valence-electron chi connectivity index (χ2n) is 6.29. The first-order chi connectivity index (χ1) is 14.5. The zero-order chi connectivity index (χ0) is 21.3. The Hall–Kier alpha value is -4.07. The van der Waals surface area contributed by atoms with Gasteiger partial charge in [-0.1, -0.05) is 17.7 Å². The highest BCUT2D eigenvalue weighted by atomic mass is 16.5. The van der Waals surface area contributed by atoms with Gasteiger partial charge in [-0.3, -0.25) is 9.59 Å². The van der Waals surface area contributed by atoms with E-state index in [1.165, 1.54) is 25.7 Å². The van der Waals surface area contributed by atoms with Crippen LogP contribution in [-0.2, 0) is 4.79 Å². The summed E-state index contributed by atoms with van der Waals surface area (Å²) in [7, 11) is 1.49. The lowest BCUT2D eigenvalue weighted by atomic mass is 10.2. The summed E-state index contributed by atoms with van der Waals surface area (Å²) in [5.41, 5.74) is 4.84. The first-order valence-electron chi connectivity index (χ1n) is 9.09. The molecule has 1 aromatic heterocycles. The summed E-state index contributed by atoms with van der Waals surface area (Å²) < 4.78 is 15.9. The van der Waals surface area contributed by atoms with Crippen LogP contribution in [-0.4, -0.2) is 31.7 Å². The van der Waals surface area contributed by atoms with Crippen molar-refractivity contribution in [2.75, 3.05) is 19.0 Å². The van der Waals surface area contributed by atoms with Crippen molar-refractivity contribution in [1.82, 2.24) is 5.43 Å². The van der Waals surface area contributed by atoms with Crippen LogP contribution in [0.4, 0.5) is 5.69 Å². The standard InChI is InChI=1S/C22H21N3O5/c1-15-5-8-17(9-6-15)24-21(26)14-30-18-10-7-16(12-20(18)28-2)13-23-25-22(27)19-4-3-11-29-19/h3-13H,14H2,1-2H3,(H,24,26)(H,25,27)/b23-13-. The molecule has 2 amide bonds. The number of hydrogen-bond acceptors (Lipinski definition) is 6. The van der Waals surface area contributed by atoms with E-state index in [2.05, 4.69) is 15.8 Å². The number of furan rings is 1. The minimum absolute atomic E-state index is 0.164. The summed E-state index contributed by atoms with van der Waals surface area (Å²) in [5, 5.41) is 6.65. The average molecular weight is 407 g/mol. The first-order valence-corrected chi connectivity index (χ1v) is 9.09. The lowest BCUT2D eigenvalue weighted by molar-refractivity contribution is -0.118. The van der Waals surface area contributed by atoms with Crippen molar-refractivity contribution in [3.05, 3.63) is 77.7 Å². The van der Waals surface area contributed by atoms with Crippen LogP contribution in [0.3, 0.4) is 0 Å². The molecule has 0 bridgehead atoms. The van der Waals surface area contributed by atoms with Gasteiger partial charge in [-0.2, -0.15) is 5.10 Å². The summed E-state index contributed by atoms with van der Waals surface area (Å²) >= 11 is 0. The number of nitrogens with zero attached hydrogens (tertiary/aromatic N) is 1. The Morgan fingerprint density at radius 1 is 1.10 bits per heavy atom. The number of rotatable bonds is 8. The van der Waals surface area contributed by atoms with Crippen molar-refractivity contribution < 1.29 is 23.5 Å². The maximum Gasteiger partial charge on any atom is 0.307 e. The molecule has 8 heteroatoms. The van der Waals surface area contributed by atoms with Crippen LogP contribution in [0.1, 0.15) is 21.7 Å². The zero-order valence-corrected chi connectivity index (χ0v) is 16.5. The SMILES string of the molecule is COc1cc(/C=N\NC(=O)c2ccco2)ccc1OCC(=O)Nc1ccc(C)cc1. The normalized spacial score (nSPS) is 10.6. The topological polar surface area (TPSA) is 102 Å². The van der Waals surface area contributed by atoms with E-state index in [9.17, 15) is 9.59 Å². The maximum absolute atomic E-state index is 12.1. The molecule has 2 aromatic carbocycles. The lowest BCUT2D eigenvalue weighted by Crippen LogP contribution is -2.20. The Morgan fingerprint density at radius 2 is 1.90 bits per heavy atom. The van der Waals surface area contributed by atoms with Crippen molar-refractivity contribution in [3.8, 4) is 11.5 Å². The van der Waals surface area contributed by atoms with Gasteiger partial charge >= 0.3 is 5.91 Å². The highest BCUT2D eigenvalue weighted by Crippen LogP contribution is 2.27. The molecule has 3 rings (SSSR count). The summed E-state index contributed by atoms with van der Waals surface area (Å²) in [6.07, 6.45) is 2.86. The molecule has 0 aliphatic carbocycles.